The van der Waals surface area contributed by atoms with Crippen LogP contribution in [-0.4, -0.2) is 9.97 Å². The average molecular weight is 220 g/mol. The van der Waals surface area contributed by atoms with Crippen LogP contribution in [-0.2, 0) is 12.8 Å². The van der Waals surface area contributed by atoms with Gasteiger partial charge in [-0.2, -0.15) is 0 Å². The maximum Gasteiger partial charge on any atom is 0.106 e. The SMILES string of the molecule is Cc1ncc2c(c1C(N)=S)CCCCC2. The fraction of sp³-hybridized carbons (Fsp3) is 0.500. The summed E-state index contributed by atoms with van der Waals surface area (Å²) in [7, 11) is 0. The molecule has 15 heavy (non-hydrogen) atoms. The first-order chi connectivity index (χ1) is 7.20. The van der Waals surface area contributed by atoms with Crippen LogP contribution in [0, 0.1) is 6.92 Å². The number of nitrogens with two attached hydrogens (primary N) is 1. The van der Waals surface area contributed by atoms with Crippen molar-refractivity contribution in [1.29, 1.82) is 0 Å². The molecule has 2 N–H and O–H groups in total. The highest BCUT2D eigenvalue weighted by atomic mass is 32.1. The van der Waals surface area contributed by atoms with Crippen LogP contribution in [0.3, 0.4) is 0 Å². The summed E-state index contributed by atoms with van der Waals surface area (Å²) >= 11 is 5.12. The molecule has 0 saturated heterocycles. The van der Waals surface area contributed by atoms with Crippen LogP contribution in [0.5, 0.6) is 0 Å². The van der Waals surface area contributed by atoms with Crippen LogP contribution in [0.25, 0.3) is 0 Å². The Morgan fingerprint density at radius 1 is 1.33 bits per heavy atom. The highest BCUT2D eigenvalue weighted by Gasteiger charge is 2.16. The second kappa shape index (κ2) is 4.27. The van der Waals surface area contributed by atoms with Crippen molar-refractivity contribution in [2.45, 2.75) is 39.0 Å². The summed E-state index contributed by atoms with van der Waals surface area (Å²) < 4.78 is 0. The van der Waals surface area contributed by atoms with Crippen molar-refractivity contribution in [3.63, 3.8) is 0 Å². The molecule has 0 fully saturated rings. The van der Waals surface area contributed by atoms with E-state index >= 15 is 0 Å². The molecule has 1 aromatic heterocycles. The molecular weight excluding hydrogens is 204 g/mol. The van der Waals surface area contributed by atoms with E-state index in [1.165, 1.54) is 30.4 Å². The molecular formula is C12H16N2S. The van der Waals surface area contributed by atoms with E-state index in [-0.39, 0.29) is 0 Å². The number of nitrogens with zero attached hydrogens (tertiary/aromatic N) is 1. The van der Waals surface area contributed by atoms with Crippen LogP contribution in [0.4, 0.5) is 0 Å². The zero-order valence-corrected chi connectivity index (χ0v) is 9.86. The number of hydrogen-bond donors (Lipinski definition) is 1. The zero-order chi connectivity index (χ0) is 10.8. The monoisotopic (exact) mass is 220 g/mol. The maximum atomic E-state index is 5.78. The van der Waals surface area contributed by atoms with Gasteiger partial charge in [-0.3, -0.25) is 4.98 Å². The van der Waals surface area contributed by atoms with Gasteiger partial charge in [-0.15, -0.1) is 0 Å². The minimum Gasteiger partial charge on any atom is -0.389 e. The summed E-state index contributed by atoms with van der Waals surface area (Å²) in [6.45, 7) is 1.99. The number of hydrogen-bond acceptors (Lipinski definition) is 2. The molecule has 1 aromatic rings. The first-order valence-electron chi connectivity index (χ1n) is 5.47. The molecule has 1 heterocycles. The zero-order valence-electron chi connectivity index (χ0n) is 9.05. The Kier molecular flexibility index (Phi) is 3.00. The lowest BCUT2D eigenvalue weighted by molar-refractivity contribution is 0.711. The molecule has 0 aromatic carbocycles. The van der Waals surface area contributed by atoms with Gasteiger partial charge in [0.1, 0.15) is 4.99 Å². The number of aromatic nitrogens is 1. The number of pyridine rings is 1. The van der Waals surface area contributed by atoms with Crippen LogP contribution in [0.15, 0.2) is 6.20 Å². The van der Waals surface area contributed by atoms with E-state index in [0.29, 0.717) is 4.99 Å². The molecule has 0 atom stereocenters. The van der Waals surface area contributed by atoms with E-state index in [2.05, 4.69) is 4.98 Å². The van der Waals surface area contributed by atoms with Crippen LogP contribution in [0.2, 0.25) is 0 Å². The third-order valence-corrected chi connectivity index (χ3v) is 3.29. The Morgan fingerprint density at radius 3 is 2.80 bits per heavy atom. The van der Waals surface area contributed by atoms with Gasteiger partial charge < -0.3 is 5.73 Å². The smallest absolute Gasteiger partial charge is 0.106 e. The first-order valence-corrected chi connectivity index (χ1v) is 5.88. The van der Waals surface area contributed by atoms with Gasteiger partial charge in [0.2, 0.25) is 0 Å². The standard InChI is InChI=1S/C12H16N2S/c1-8-11(12(13)15)10-6-4-2-3-5-9(10)7-14-8/h7H,2-6H2,1H3,(H2,13,15). The summed E-state index contributed by atoms with van der Waals surface area (Å²) in [5.41, 5.74) is 10.5. The van der Waals surface area contributed by atoms with E-state index in [4.69, 9.17) is 18.0 Å². The van der Waals surface area contributed by atoms with Gasteiger partial charge in [-0.25, -0.2) is 0 Å². The van der Waals surface area contributed by atoms with Crippen molar-refractivity contribution in [3.05, 3.63) is 28.6 Å². The molecule has 0 radical (unpaired) electrons. The second-order valence-corrected chi connectivity index (χ2v) is 4.59. The predicted molar refractivity (Wildman–Crippen MR) is 66.1 cm³/mol. The van der Waals surface area contributed by atoms with Gasteiger partial charge in [0.25, 0.3) is 0 Å². The molecule has 80 valence electrons. The average Bonchev–Trinajstić information content (AvgIpc) is 2.41. The van der Waals surface area contributed by atoms with Crippen molar-refractivity contribution in [3.8, 4) is 0 Å². The summed E-state index contributed by atoms with van der Waals surface area (Å²) in [6.07, 6.45) is 8.02. The quantitative estimate of drug-likeness (QED) is 0.583. The first kappa shape index (κ1) is 10.6. The van der Waals surface area contributed by atoms with Crippen molar-refractivity contribution < 1.29 is 0 Å². The Hall–Kier alpha value is -0.960. The van der Waals surface area contributed by atoms with E-state index in [0.717, 1.165) is 24.1 Å². The number of thiocarbonyl (C=S) groups is 1. The lowest BCUT2D eigenvalue weighted by Crippen LogP contribution is -2.16. The predicted octanol–water partition coefficient (Wildman–Crippen LogP) is 2.29. The minimum absolute atomic E-state index is 0.499. The number of fused-ring (bicyclic) bond motifs is 1. The van der Waals surface area contributed by atoms with Gasteiger partial charge in [0, 0.05) is 17.5 Å². The van der Waals surface area contributed by atoms with E-state index in [1.807, 2.05) is 13.1 Å². The fourth-order valence-electron chi connectivity index (χ4n) is 2.32. The minimum atomic E-state index is 0.499. The third kappa shape index (κ3) is 2.02. The van der Waals surface area contributed by atoms with Gasteiger partial charge in [-0.05, 0) is 43.7 Å². The largest absolute Gasteiger partial charge is 0.389 e. The van der Waals surface area contributed by atoms with Crippen molar-refractivity contribution in [2.24, 2.45) is 5.73 Å². The van der Waals surface area contributed by atoms with Crippen LogP contribution >= 0.6 is 12.2 Å². The van der Waals surface area contributed by atoms with Gasteiger partial charge in [0.15, 0.2) is 0 Å². The van der Waals surface area contributed by atoms with Gasteiger partial charge in [0.05, 0.1) is 0 Å². The summed E-state index contributed by atoms with van der Waals surface area (Å²) in [5.74, 6) is 0. The summed E-state index contributed by atoms with van der Waals surface area (Å²) in [6, 6.07) is 0. The molecule has 0 amide bonds. The second-order valence-electron chi connectivity index (χ2n) is 4.15. The van der Waals surface area contributed by atoms with Crippen LogP contribution < -0.4 is 5.73 Å². The molecule has 0 unspecified atom stereocenters. The lowest BCUT2D eigenvalue weighted by atomic mass is 9.98. The maximum absolute atomic E-state index is 5.78. The van der Waals surface area contributed by atoms with Crippen molar-refractivity contribution >= 4 is 17.2 Å². The molecule has 0 saturated carbocycles. The summed E-state index contributed by atoms with van der Waals surface area (Å²) in [4.78, 5) is 4.89. The van der Waals surface area contributed by atoms with E-state index in [9.17, 15) is 0 Å². The summed E-state index contributed by atoms with van der Waals surface area (Å²) in [5, 5.41) is 0. The molecule has 1 aliphatic carbocycles. The normalized spacial score (nSPS) is 15.5. The lowest BCUT2D eigenvalue weighted by Gasteiger charge is -2.13. The highest BCUT2D eigenvalue weighted by molar-refractivity contribution is 7.80. The molecule has 0 bridgehead atoms. The molecule has 2 nitrogen and oxygen atoms in total. The Morgan fingerprint density at radius 2 is 2.07 bits per heavy atom. The van der Waals surface area contributed by atoms with E-state index < -0.39 is 0 Å². The van der Waals surface area contributed by atoms with Gasteiger partial charge >= 0.3 is 0 Å². The Bertz CT molecular complexity index is 399. The molecule has 0 aliphatic heterocycles. The number of rotatable bonds is 1. The van der Waals surface area contributed by atoms with E-state index in [1.54, 1.807) is 0 Å². The Labute approximate surface area is 95.9 Å². The van der Waals surface area contributed by atoms with Crippen molar-refractivity contribution in [1.82, 2.24) is 4.98 Å². The molecule has 2 rings (SSSR count). The third-order valence-electron chi connectivity index (χ3n) is 3.08. The Balaban J connectivity index is 2.56. The molecule has 3 heteroatoms. The molecule has 1 aliphatic rings. The number of aryl methyl sites for hydroxylation is 2. The van der Waals surface area contributed by atoms with Gasteiger partial charge in [-0.1, -0.05) is 18.6 Å². The molecule has 0 spiro atoms. The van der Waals surface area contributed by atoms with Crippen LogP contribution in [0.1, 0.15) is 41.6 Å². The fourth-order valence-corrected chi connectivity index (χ4v) is 2.59. The highest BCUT2D eigenvalue weighted by Crippen LogP contribution is 2.24. The van der Waals surface area contributed by atoms with Crippen molar-refractivity contribution in [2.75, 3.05) is 0 Å². The topological polar surface area (TPSA) is 38.9 Å².